The number of benzene rings is 1. The molecular formula is C14H20N2OS. The number of hydrogen-bond donors (Lipinski definition) is 1. The summed E-state index contributed by atoms with van der Waals surface area (Å²) in [7, 11) is 0. The number of rotatable bonds is 4. The highest BCUT2D eigenvalue weighted by atomic mass is 32.1. The van der Waals surface area contributed by atoms with Gasteiger partial charge in [-0.15, -0.1) is 0 Å². The van der Waals surface area contributed by atoms with Gasteiger partial charge in [-0.25, -0.2) is 0 Å². The standard InChI is InChI=1S/C14H20N2OS/c1-9(2)16(8-13(15)18)14(17)12-7-10(3)5-6-11(12)4/h5-7,9H,8H2,1-4H3,(H2,15,18). The van der Waals surface area contributed by atoms with Gasteiger partial charge < -0.3 is 10.6 Å². The molecule has 0 atom stereocenters. The van der Waals surface area contributed by atoms with E-state index in [2.05, 4.69) is 0 Å². The molecule has 0 heterocycles. The van der Waals surface area contributed by atoms with Crippen LogP contribution >= 0.6 is 12.2 Å². The Hall–Kier alpha value is -1.42. The average Bonchev–Trinajstić information content (AvgIpc) is 2.27. The van der Waals surface area contributed by atoms with E-state index < -0.39 is 0 Å². The fourth-order valence-electron chi connectivity index (χ4n) is 1.78. The first kappa shape index (κ1) is 14.6. The number of amides is 1. The van der Waals surface area contributed by atoms with E-state index in [1.807, 2.05) is 45.9 Å². The smallest absolute Gasteiger partial charge is 0.254 e. The first-order chi connectivity index (χ1) is 8.32. The second-order valence-electron chi connectivity index (χ2n) is 4.81. The summed E-state index contributed by atoms with van der Waals surface area (Å²) in [6.07, 6.45) is 0. The van der Waals surface area contributed by atoms with Crippen LogP contribution in [0.1, 0.15) is 35.3 Å². The summed E-state index contributed by atoms with van der Waals surface area (Å²) >= 11 is 4.90. The summed E-state index contributed by atoms with van der Waals surface area (Å²) in [6.45, 7) is 8.15. The zero-order chi connectivity index (χ0) is 13.9. The fourth-order valence-corrected chi connectivity index (χ4v) is 1.92. The zero-order valence-electron chi connectivity index (χ0n) is 11.4. The first-order valence-electron chi connectivity index (χ1n) is 5.99. The van der Waals surface area contributed by atoms with Crippen molar-refractivity contribution in [3.05, 3.63) is 34.9 Å². The van der Waals surface area contributed by atoms with Crippen LogP contribution in [0.15, 0.2) is 18.2 Å². The van der Waals surface area contributed by atoms with Crippen LogP contribution in [0.25, 0.3) is 0 Å². The minimum absolute atomic E-state index is 0.0148. The number of hydrogen-bond acceptors (Lipinski definition) is 2. The van der Waals surface area contributed by atoms with Crippen molar-refractivity contribution in [3.8, 4) is 0 Å². The molecule has 0 radical (unpaired) electrons. The van der Waals surface area contributed by atoms with Crippen LogP contribution in [-0.2, 0) is 0 Å². The highest BCUT2D eigenvalue weighted by Gasteiger charge is 2.20. The van der Waals surface area contributed by atoms with Crippen LogP contribution in [0.4, 0.5) is 0 Å². The van der Waals surface area contributed by atoms with Gasteiger partial charge in [0.1, 0.15) is 0 Å². The van der Waals surface area contributed by atoms with E-state index in [0.29, 0.717) is 11.5 Å². The molecule has 98 valence electrons. The molecule has 0 saturated carbocycles. The molecular weight excluding hydrogens is 244 g/mol. The summed E-state index contributed by atoms with van der Waals surface area (Å²) in [5, 5.41) is 0. The van der Waals surface area contributed by atoms with E-state index in [9.17, 15) is 4.79 Å². The quantitative estimate of drug-likeness (QED) is 0.850. The SMILES string of the molecule is Cc1ccc(C)c(C(=O)N(CC(N)=S)C(C)C)c1. The van der Waals surface area contributed by atoms with Gasteiger partial charge in [-0.1, -0.05) is 29.9 Å². The predicted molar refractivity (Wildman–Crippen MR) is 78.9 cm³/mol. The normalized spacial score (nSPS) is 10.5. The molecule has 0 unspecified atom stereocenters. The Morgan fingerprint density at radius 1 is 1.39 bits per heavy atom. The van der Waals surface area contributed by atoms with E-state index in [-0.39, 0.29) is 11.9 Å². The minimum atomic E-state index is -0.0148. The molecule has 4 heteroatoms. The lowest BCUT2D eigenvalue weighted by Gasteiger charge is -2.27. The molecule has 0 aromatic heterocycles. The molecule has 0 bridgehead atoms. The number of thiocarbonyl (C=S) groups is 1. The summed E-state index contributed by atoms with van der Waals surface area (Å²) in [6, 6.07) is 5.94. The first-order valence-corrected chi connectivity index (χ1v) is 6.40. The van der Waals surface area contributed by atoms with Crippen molar-refractivity contribution in [3.63, 3.8) is 0 Å². The summed E-state index contributed by atoms with van der Waals surface area (Å²) in [5.74, 6) is -0.0148. The maximum absolute atomic E-state index is 12.5. The van der Waals surface area contributed by atoms with Gasteiger partial charge in [-0.3, -0.25) is 4.79 Å². The predicted octanol–water partition coefficient (Wildman–Crippen LogP) is 2.44. The Bertz CT molecular complexity index is 469. The average molecular weight is 264 g/mol. The second-order valence-corrected chi connectivity index (χ2v) is 5.34. The van der Waals surface area contributed by atoms with Gasteiger partial charge in [0.15, 0.2) is 0 Å². The number of aryl methyl sites for hydroxylation is 2. The van der Waals surface area contributed by atoms with E-state index >= 15 is 0 Å². The van der Waals surface area contributed by atoms with Gasteiger partial charge in [0.2, 0.25) is 0 Å². The lowest BCUT2D eigenvalue weighted by molar-refractivity contribution is 0.0735. The number of carbonyl (C=O) groups is 1. The van der Waals surface area contributed by atoms with Gasteiger partial charge in [-0.2, -0.15) is 0 Å². The maximum atomic E-state index is 12.5. The van der Waals surface area contributed by atoms with Gasteiger partial charge in [-0.05, 0) is 39.3 Å². The van der Waals surface area contributed by atoms with Crippen LogP contribution < -0.4 is 5.73 Å². The van der Waals surface area contributed by atoms with Crippen molar-refractivity contribution >= 4 is 23.1 Å². The molecule has 3 nitrogen and oxygen atoms in total. The van der Waals surface area contributed by atoms with Crippen LogP contribution in [0, 0.1) is 13.8 Å². The molecule has 0 aliphatic rings. The van der Waals surface area contributed by atoms with Crippen molar-refractivity contribution in [2.24, 2.45) is 5.73 Å². The summed E-state index contributed by atoms with van der Waals surface area (Å²) < 4.78 is 0. The number of carbonyl (C=O) groups excluding carboxylic acids is 1. The Morgan fingerprint density at radius 2 is 2.00 bits per heavy atom. The topological polar surface area (TPSA) is 46.3 Å². The van der Waals surface area contributed by atoms with E-state index in [4.69, 9.17) is 18.0 Å². The number of nitrogens with zero attached hydrogens (tertiary/aromatic N) is 1. The lowest BCUT2D eigenvalue weighted by atomic mass is 10.0. The molecule has 1 amide bonds. The van der Waals surface area contributed by atoms with Crippen LogP contribution in [0.3, 0.4) is 0 Å². The van der Waals surface area contributed by atoms with E-state index in [1.54, 1.807) is 4.90 Å². The van der Waals surface area contributed by atoms with E-state index in [0.717, 1.165) is 16.7 Å². The Morgan fingerprint density at radius 3 is 2.50 bits per heavy atom. The maximum Gasteiger partial charge on any atom is 0.254 e. The molecule has 18 heavy (non-hydrogen) atoms. The van der Waals surface area contributed by atoms with Gasteiger partial charge in [0.25, 0.3) is 5.91 Å². The Kier molecular flexibility index (Phi) is 4.84. The minimum Gasteiger partial charge on any atom is -0.392 e. The van der Waals surface area contributed by atoms with Crippen LogP contribution in [0.5, 0.6) is 0 Å². The molecule has 2 N–H and O–H groups in total. The molecule has 0 aliphatic heterocycles. The van der Waals surface area contributed by atoms with Gasteiger partial charge >= 0.3 is 0 Å². The van der Waals surface area contributed by atoms with Crippen molar-refractivity contribution in [1.82, 2.24) is 4.90 Å². The highest BCUT2D eigenvalue weighted by molar-refractivity contribution is 7.80. The monoisotopic (exact) mass is 264 g/mol. The summed E-state index contributed by atoms with van der Waals surface area (Å²) in [4.78, 5) is 14.5. The second kappa shape index (κ2) is 5.96. The number of nitrogens with two attached hydrogens (primary N) is 1. The Labute approximate surface area is 114 Å². The molecule has 1 aromatic carbocycles. The third-order valence-electron chi connectivity index (χ3n) is 2.83. The van der Waals surface area contributed by atoms with Crippen molar-refractivity contribution < 1.29 is 4.79 Å². The fraction of sp³-hybridized carbons (Fsp3) is 0.429. The van der Waals surface area contributed by atoms with Gasteiger partial charge in [0.05, 0.1) is 11.5 Å². The van der Waals surface area contributed by atoms with Crippen LogP contribution in [-0.4, -0.2) is 28.4 Å². The highest BCUT2D eigenvalue weighted by Crippen LogP contribution is 2.15. The third kappa shape index (κ3) is 3.53. The van der Waals surface area contributed by atoms with Crippen molar-refractivity contribution in [1.29, 1.82) is 0 Å². The van der Waals surface area contributed by atoms with Crippen molar-refractivity contribution in [2.75, 3.05) is 6.54 Å². The molecule has 0 fully saturated rings. The van der Waals surface area contributed by atoms with Crippen molar-refractivity contribution in [2.45, 2.75) is 33.7 Å². The Balaban J connectivity index is 3.09. The van der Waals surface area contributed by atoms with E-state index in [1.165, 1.54) is 0 Å². The van der Waals surface area contributed by atoms with Gasteiger partial charge in [0, 0.05) is 11.6 Å². The summed E-state index contributed by atoms with van der Waals surface area (Å²) in [5.41, 5.74) is 8.32. The largest absolute Gasteiger partial charge is 0.392 e. The lowest BCUT2D eigenvalue weighted by Crippen LogP contribution is -2.42. The molecule has 0 aliphatic carbocycles. The molecule has 1 aromatic rings. The molecule has 0 saturated heterocycles. The molecule has 0 spiro atoms. The zero-order valence-corrected chi connectivity index (χ0v) is 12.2. The van der Waals surface area contributed by atoms with Crippen LogP contribution in [0.2, 0.25) is 0 Å². The third-order valence-corrected chi connectivity index (χ3v) is 2.96. The molecule has 1 rings (SSSR count).